The van der Waals surface area contributed by atoms with Crippen LogP contribution in [0.4, 0.5) is 34.1 Å². The summed E-state index contributed by atoms with van der Waals surface area (Å²) in [5.41, 5.74) is 15.7. The molecule has 0 unspecified atom stereocenters. The Hall–Kier alpha value is -8.46. The smallest absolute Gasteiger partial charge is 0.0714 e. The van der Waals surface area contributed by atoms with Gasteiger partial charge >= 0.3 is 0 Å². The predicted octanol–water partition coefficient (Wildman–Crippen LogP) is 17.0. The normalized spacial score (nSPS) is 12.4. The van der Waals surface area contributed by atoms with E-state index in [0.717, 1.165) is 39.7 Å². The molecule has 0 atom stereocenters. The van der Waals surface area contributed by atoms with Crippen LogP contribution in [0, 0.1) is 0 Å². The molecule has 0 aliphatic heterocycles. The summed E-state index contributed by atoms with van der Waals surface area (Å²) in [7, 11) is 0. The minimum absolute atomic E-state index is 0.606. The lowest BCUT2D eigenvalue weighted by Crippen LogP contribution is -2.28. The van der Waals surface area contributed by atoms with Gasteiger partial charge in [0.2, 0.25) is 0 Å². The zero-order valence-electron chi connectivity index (χ0n) is 35.8. The fourth-order valence-corrected chi connectivity index (χ4v) is 10.5. The molecule has 0 saturated carbocycles. The zero-order chi connectivity index (χ0) is 43.2. The molecule has 0 saturated heterocycles. The van der Waals surface area contributed by atoms with Crippen molar-refractivity contribution in [3.05, 3.63) is 289 Å². The first-order valence-corrected chi connectivity index (χ1v) is 22.4. The lowest BCUT2D eigenvalue weighted by molar-refractivity contribution is 0.769. The van der Waals surface area contributed by atoms with Crippen LogP contribution in [0.15, 0.2) is 267 Å². The summed E-state index contributed by atoms with van der Waals surface area (Å²) in [6, 6.07) is 97.7. The van der Waals surface area contributed by atoms with E-state index in [9.17, 15) is 0 Å². The molecule has 0 N–H and O–H groups in total. The van der Waals surface area contributed by atoms with Gasteiger partial charge in [-0.3, -0.25) is 0 Å². The van der Waals surface area contributed by atoms with Crippen molar-refractivity contribution in [2.24, 2.45) is 0 Å². The zero-order valence-corrected chi connectivity index (χ0v) is 35.8. The topological polar surface area (TPSA) is 6.48 Å². The number of hydrogen-bond donors (Lipinski definition) is 0. The molecular formula is C63H44N2. The fourth-order valence-electron chi connectivity index (χ4n) is 10.5. The lowest BCUT2D eigenvalue weighted by atomic mass is 9.67. The predicted molar refractivity (Wildman–Crippen MR) is 274 cm³/mol. The first-order valence-electron chi connectivity index (χ1n) is 22.4. The monoisotopic (exact) mass is 828 g/mol. The molecular weight excluding hydrogens is 785 g/mol. The third-order valence-corrected chi connectivity index (χ3v) is 13.2. The Balaban J connectivity index is 1.17. The Labute approximate surface area is 380 Å². The van der Waals surface area contributed by atoms with Crippen LogP contribution in [0.3, 0.4) is 0 Å². The molecule has 0 amide bonds. The quantitative estimate of drug-likeness (QED) is 0.134. The second kappa shape index (κ2) is 16.0. The highest BCUT2D eigenvalue weighted by Crippen LogP contribution is 2.60. The van der Waals surface area contributed by atoms with Crippen LogP contribution in [0.1, 0.15) is 22.3 Å². The number of benzene rings is 11. The maximum absolute atomic E-state index is 2.51. The van der Waals surface area contributed by atoms with Crippen LogP contribution in [0.25, 0.3) is 43.8 Å². The Bertz CT molecular complexity index is 3400. The van der Waals surface area contributed by atoms with Gasteiger partial charge in [0, 0.05) is 34.0 Å². The lowest BCUT2D eigenvalue weighted by Gasteiger charge is -2.35. The number of fused-ring (bicyclic) bond motifs is 6. The van der Waals surface area contributed by atoms with Gasteiger partial charge in [0.25, 0.3) is 0 Å². The van der Waals surface area contributed by atoms with E-state index < -0.39 is 5.41 Å². The summed E-state index contributed by atoms with van der Waals surface area (Å²) in [5, 5.41) is 4.98. The van der Waals surface area contributed by atoms with Gasteiger partial charge in [-0.05, 0) is 133 Å². The van der Waals surface area contributed by atoms with Crippen molar-refractivity contribution in [3.8, 4) is 22.3 Å². The van der Waals surface area contributed by atoms with Crippen molar-refractivity contribution >= 4 is 55.7 Å². The fraction of sp³-hybridized carbons (Fsp3) is 0.0159. The minimum atomic E-state index is -0.606. The van der Waals surface area contributed by atoms with Crippen molar-refractivity contribution in [1.29, 1.82) is 0 Å². The van der Waals surface area contributed by atoms with Gasteiger partial charge in [-0.1, -0.05) is 194 Å². The number of hydrogen-bond acceptors (Lipinski definition) is 2. The molecule has 306 valence electrons. The van der Waals surface area contributed by atoms with Crippen molar-refractivity contribution < 1.29 is 0 Å². The summed E-state index contributed by atoms with van der Waals surface area (Å²) in [4.78, 5) is 4.84. The molecule has 1 aliphatic carbocycles. The van der Waals surface area contributed by atoms with Gasteiger partial charge in [-0.2, -0.15) is 0 Å². The molecule has 0 bridgehead atoms. The van der Waals surface area contributed by atoms with E-state index in [1.165, 1.54) is 60.5 Å². The third-order valence-electron chi connectivity index (χ3n) is 13.2. The van der Waals surface area contributed by atoms with E-state index in [1.54, 1.807) is 0 Å². The molecule has 0 spiro atoms. The highest BCUT2D eigenvalue weighted by molar-refractivity contribution is 6.11. The maximum Gasteiger partial charge on any atom is 0.0714 e. The molecule has 11 aromatic rings. The van der Waals surface area contributed by atoms with Gasteiger partial charge in [0.15, 0.2) is 0 Å². The standard InChI is InChI=1S/C63H44N2/c1-6-21-45(22-7-1)47-24-18-33-53(41-47)65(55-35-19-34-54(43-55)64(51-29-12-4-13-30-51)52-31-14-5-15-32-52)61-38-20-37-59-62(61)58-42-48-40-39-46-23-16-17-36-56(46)57(48)44-60(58)63(59,49-25-8-2-9-26-49)50-27-10-3-11-28-50/h1-44H. The SMILES string of the molecule is c1ccc(-c2cccc(N(c3cccc(N(c4ccccc4)c4ccccc4)c3)c3cccc4c3-c3cc5ccc6ccccc6c5cc3C4(c3ccccc3)c3ccccc3)c2)cc1. The van der Waals surface area contributed by atoms with Crippen molar-refractivity contribution in [2.75, 3.05) is 9.80 Å². The van der Waals surface area contributed by atoms with Gasteiger partial charge in [0.05, 0.1) is 11.1 Å². The molecule has 0 aromatic heterocycles. The van der Waals surface area contributed by atoms with Gasteiger partial charge in [0.1, 0.15) is 0 Å². The first kappa shape index (κ1) is 38.2. The van der Waals surface area contributed by atoms with Crippen molar-refractivity contribution in [3.63, 3.8) is 0 Å². The third kappa shape index (κ3) is 6.41. The number of anilines is 6. The van der Waals surface area contributed by atoms with Crippen molar-refractivity contribution in [1.82, 2.24) is 0 Å². The average Bonchev–Trinajstić information content (AvgIpc) is 3.68. The molecule has 12 rings (SSSR count). The largest absolute Gasteiger partial charge is 0.310 e. The van der Waals surface area contributed by atoms with Gasteiger partial charge < -0.3 is 9.80 Å². The van der Waals surface area contributed by atoms with E-state index in [1.807, 2.05) is 0 Å². The van der Waals surface area contributed by atoms with Gasteiger partial charge in [-0.25, -0.2) is 0 Å². The Morgan fingerprint density at radius 3 is 1.43 bits per heavy atom. The minimum Gasteiger partial charge on any atom is -0.310 e. The number of rotatable bonds is 9. The average molecular weight is 829 g/mol. The molecule has 1 aliphatic rings. The van der Waals surface area contributed by atoms with Crippen LogP contribution in [0.2, 0.25) is 0 Å². The van der Waals surface area contributed by atoms with Crippen LogP contribution in [-0.4, -0.2) is 0 Å². The van der Waals surface area contributed by atoms with Gasteiger partial charge in [-0.15, -0.1) is 0 Å². The second-order valence-corrected chi connectivity index (χ2v) is 16.9. The summed E-state index contributed by atoms with van der Waals surface area (Å²) >= 11 is 0. The highest BCUT2D eigenvalue weighted by atomic mass is 15.2. The van der Waals surface area contributed by atoms with E-state index >= 15 is 0 Å². The summed E-state index contributed by atoms with van der Waals surface area (Å²) < 4.78 is 0. The molecule has 2 nitrogen and oxygen atoms in total. The van der Waals surface area contributed by atoms with Crippen LogP contribution < -0.4 is 9.80 Å². The first-order chi connectivity index (χ1) is 32.3. The maximum atomic E-state index is 2.51. The summed E-state index contributed by atoms with van der Waals surface area (Å²) in [6.45, 7) is 0. The number of para-hydroxylation sites is 2. The van der Waals surface area contributed by atoms with E-state index in [-0.39, 0.29) is 0 Å². The van der Waals surface area contributed by atoms with Crippen LogP contribution >= 0.6 is 0 Å². The molecule has 0 radical (unpaired) electrons. The highest BCUT2D eigenvalue weighted by Gasteiger charge is 2.47. The Kier molecular flexibility index (Phi) is 9.43. The summed E-state index contributed by atoms with van der Waals surface area (Å²) in [5.74, 6) is 0. The molecule has 0 heterocycles. The second-order valence-electron chi connectivity index (χ2n) is 16.9. The molecule has 11 aromatic carbocycles. The summed E-state index contributed by atoms with van der Waals surface area (Å²) in [6.07, 6.45) is 0. The Morgan fingerprint density at radius 2 is 0.769 bits per heavy atom. The molecule has 0 fully saturated rings. The van der Waals surface area contributed by atoms with E-state index in [4.69, 9.17) is 0 Å². The number of nitrogens with zero attached hydrogens (tertiary/aromatic N) is 2. The molecule has 2 heteroatoms. The van der Waals surface area contributed by atoms with Crippen LogP contribution in [0.5, 0.6) is 0 Å². The Morgan fingerprint density at radius 1 is 0.277 bits per heavy atom. The van der Waals surface area contributed by atoms with Crippen LogP contribution in [-0.2, 0) is 5.41 Å². The van der Waals surface area contributed by atoms with E-state index in [2.05, 4.69) is 277 Å². The van der Waals surface area contributed by atoms with E-state index in [0.29, 0.717) is 0 Å². The van der Waals surface area contributed by atoms with Crippen molar-refractivity contribution in [2.45, 2.75) is 5.41 Å². The molecule has 65 heavy (non-hydrogen) atoms.